The van der Waals surface area contributed by atoms with Crippen molar-refractivity contribution in [3.8, 4) is 0 Å². The number of hydrogen-bond acceptors (Lipinski definition) is 4. The molecule has 1 aromatic carbocycles. The predicted molar refractivity (Wildman–Crippen MR) is 118 cm³/mol. The Hall–Kier alpha value is -1.60. The molecule has 1 heterocycles. The highest BCUT2D eigenvalue weighted by atomic mass is 32.2. The van der Waals surface area contributed by atoms with E-state index in [4.69, 9.17) is 4.74 Å². The highest BCUT2D eigenvalue weighted by Gasteiger charge is 2.42. The van der Waals surface area contributed by atoms with E-state index < -0.39 is 14.6 Å². The van der Waals surface area contributed by atoms with E-state index in [0.29, 0.717) is 32.0 Å². The normalized spacial score (nSPS) is 20.6. The molecule has 1 saturated heterocycles. The van der Waals surface area contributed by atoms with Crippen molar-refractivity contribution in [3.05, 3.63) is 34.9 Å². The van der Waals surface area contributed by atoms with Crippen LogP contribution in [-0.4, -0.2) is 51.7 Å². The van der Waals surface area contributed by atoms with Gasteiger partial charge in [0.25, 0.3) is 0 Å². The van der Waals surface area contributed by atoms with E-state index in [-0.39, 0.29) is 12.6 Å². The summed E-state index contributed by atoms with van der Waals surface area (Å²) in [4.78, 5) is 4.69. The number of aryl methyl sites for hydroxylation is 2. The number of guanidine groups is 1. The largest absolute Gasteiger partial charge is 0.381 e. The van der Waals surface area contributed by atoms with Gasteiger partial charge in [0.1, 0.15) is 0 Å². The van der Waals surface area contributed by atoms with Gasteiger partial charge in [-0.3, -0.25) is 4.99 Å². The Morgan fingerprint density at radius 1 is 1.21 bits per heavy atom. The fourth-order valence-corrected chi connectivity index (χ4v) is 5.45. The Bertz CT molecular complexity index is 830. The molecule has 1 aromatic rings. The number of nitrogens with zero attached hydrogens (tertiary/aromatic N) is 1. The van der Waals surface area contributed by atoms with E-state index in [1.54, 1.807) is 0 Å². The lowest BCUT2D eigenvalue weighted by Crippen LogP contribution is -2.47. The molecule has 1 fully saturated rings. The number of benzene rings is 1. The zero-order valence-corrected chi connectivity index (χ0v) is 18.8. The molecule has 0 radical (unpaired) electrons. The lowest BCUT2D eigenvalue weighted by molar-refractivity contribution is 0.0768. The first kappa shape index (κ1) is 22.1. The summed E-state index contributed by atoms with van der Waals surface area (Å²) < 4.78 is 29.6. The standard InChI is InChI=1S/C22H35N3O3S/c1-4-23-21(24-16-22(29(3,26)27)11-13-28-14-12-22)25-17(2)19-10-9-18-7-5-6-8-20(18)15-19/h9-10,15,17H,4-8,11-14,16H2,1-3H3,(H2,23,24,25). The molecule has 3 rings (SSSR count). The summed E-state index contributed by atoms with van der Waals surface area (Å²) in [6.45, 7) is 6.05. The molecule has 0 amide bonds. The van der Waals surface area contributed by atoms with Crippen molar-refractivity contribution in [1.82, 2.24) is 10.6 Å². The summed E-state index contributed by atoms with van der Waals surface area (Å²) >= 11 is 0. The van der Waals surface area contributed by atoms with Gasteiger partial charge in [0.15, 0.2) is 15.8 Å². The second-order valence-corrected chi connectivity index (χ2v) is 10.8. The predicted octanol–water partition coefficient (Wildman–Crippen LogP) is 2.78. The summed E-state index contributed by atoms with van der Waals surface area (Å²) in [6, 6.07) is 6.85. The Morgan fingerprint density at radius 2 is 1.90 bits per heavy atom. The molecule has 6 nitrogen and oxygen atoms in total. The first-order chi connectivity index (χ1) is 13.8. The van der Waals surface area contributed by atoms with Gasteiger partial charge in [-0.25, -0.2) is 8.42 Å². The number of aliphatic imine (C=N–C) groups is 1. The van der Waals surface area contributed by atoms with Crippen molar-refractivity contribution >= 4 is 15.8 Å². The van der Waals surface area contributed by atoms with E-state index >= 15 is 0 Å². The molecule has 2 N–H and O–H groups in total. The van der Waals surface area contributed by atoms with Crippen LogP contribution >= 0.6 is 0 Å². The quantitative estimate of drug-likeness (QED) is 0.545. The number of ether oxygens (including phenoxy) is 1. The minimum Gasteiger partial charge on any atom is -0.381 e. The number of rotatable bonds is 6. The second kappa shape index (κ2) is 9.47. The molecule has 0 bridgehead atoms. The molecule has 1 aliphatic carbocycles. The third-order valence-corrected chi connectivity index (χ3v) is 8.40. The third-order valence-electron chi connectivity index (χ3n) is 6.29. The molecule has 1 aliphatic heterocycles. The minimum absolute atomic E-state index is 0.0869. The molecule has 0 saturated carbocycles. The Balaban J connectivity index is 1.75. The summed E-state index contributed by atoms with van der Waals surface area (Å²) in [7, 11) is -3.23. The molecule has 2 aliphatic rings. The van der Waals surface area contributed by atoms with Crippen LogP contribution in [0.15, 0.2) is 23.2 Å². The third kappa shape index (κ3) is 5.31. The average Bonchev–Trinajstić information content (AvgIpc) is 2.71. The highest BCUT2D eigenvalue weighted by molar-refractivity contribution is 7.92. The van der Waals surface area contributed by atoms with Crippen LogP contribution in [0.4, 0.5) is 0 Å². The summed E-state index contributed by atoms with van der Waals surface area (Å²) in [5.74, 6) is 0.659. The van der Waals surface area contributed by atoms with Gasteiger partial charge in [-0.2, -0.15) is 0 Å². The topological polar surface area (TPSA) is 79.8 Å². The average molecular weight is 422 g/mol. The zero-order valence-electron chi connectivity index (χ0n) is 18.0. The maximum absolute atomic E-state index is 12.5. The van der Waals surface area contributed by atoms with Crippen LogP contribution in [0, 0.1) is 0 Å². The first-order valence-corrected chi connectivity index (χ1v) is 12.7. The molecule has 162 valence electrons. The maximum Gasteiger partial charge on any atom is 0.191 e. The molecule has 0 aromatic heterocycles. The maximum atomic E-state index is 12.5. The SMILES string of the molecule is CCNC(=NCC1(S(C)(=O)=O)CCOCC1)NC(C)c1ccc2c(c1)CCCC2. The summed E-state index contributed by atoms with van der Waals surface area (Å²) in [6.07, 6.45) is 7.19. The minimum atomic E-state index is -3.23. The van der Waals surface area contributed by atoms with Gasteiger partial charge in [0.05, 0.1) is 17.3 Å². The molecular formula is C22H35N3O3S. The van der Waals surface area contributed by atoms with Gasteiger partial charge in [-0.15, -0.1) is 0 Å². The van der Waals surface area contributed by atoms with Crippen molar-refractivity contribution in [2.24, 2.45) is 4.99 Å². The van der Waals surface area contributed by atoms with Crippen LogP contribution in [0.1, 0.15) is 62.3 Å². The Kier molecular flexibility index (Phi) is 7.22. The van der Waals surface area contributed by atoms with Crippen LogP contribution in [0.3, 0.4) is 0 Å². The fraction of sp³-hybridized carbons (Fsp3) is 0.682. The summed E-state index contributed by atoms with van der Waals surface area (Å²) in [5, 5.41) is 6.73. The van der Waals surface area contributed by atoms with Crippen LogP contribution in [0.5, 0.6) is 0 Å². The van der Waals surface area contributed by atoms with Crippen LogP contribution in [0.2, 0.25) is 0 Å². The van der Waals surface area contributed by atoms with Crippen molar-refractivity contribution in [2.45, 2.75) is 63.2 Å². The van der Waals surface area contributed by atoms with Gasteiger partial charge < -0.3 is 15.4 Å². The van der Waals surface area contributed by atoms with Gasteiger partial charge in [0.2, 0.25) is 0 Å². The zero-order chi connectivity index (χ0) is 20.9. The van der Waals surface area contributed by atoms with Gasteiger partial charge in [-0.05, 0) is 69.1 Å². The molecular weight excluding hydrogens is 386 g/mol. The smallest absolute Gasteiger partial charge is 0.191 e. The van der Waals surface area contributed by atoms with Gasteiger partial charge in [0, 0.05) is 26.0 Å². The van der Waals surface area contributed by atoms with Crippen LogP contribution < -0.4 is 10.6 Å². The second-order valence-electron chi connectivity index (χ2n) is 8.36. The van der Waals surface area contributed by atoms with E-state index in [0.717, 1.165) is 13.0 Å². The van der Waals surface area contributed by atoms with E-state index in [1.807, 2.05) is 6.92 Å². The number of sulfone groups is 1. The Morgan fingerprint density at radius 3 is 2.55 bits per heavy atom. The van der Waals surface area contributed by atoms with Crippen LogP contribution in [0.25, 0.3) is 0 Å². The molecule has 1 unspecified atom stereocenters. The first-order valence-electron chi connectivity index (χ1n) is 10.8. The number of fused-ring (bicyclic) bond motifs is 1. The van der Waals surface area contributed by atoms with Crippen molar-refractivity contribution in [2.75, 3.05) is 32.6 Å². The van der Waals surface area contributed by atoms with Gasteiger partial charge >= 0.3 is 0 Å². The van der Waals surface area contributed by atoms with Crippen LogP contribution in [-0.2, 0) is 27.4 Å². The monoisotopic (exact) mass is 421 g/mol. The number of nitrogens with one attached hydrogen (secondary N) is 2. The number of hydrogen-bond donors (Lipinski definition) is 2. The van der Waals surface area contributed by atoms with E-state index in [9.17, 15) is 8.42 Å². The molecule has 0 spiro atoms. The van der Waals surface area contributed by atoms with Crippen molar-refractivity contribution in [1.29, 1.82) is 0 Å². The van der Waals surface area contributed by atoms with Crippen molar-refractivity contribution < 1.29 is 13.2 Å². The lowest BCUT2D eigenvalue weighted by atomic mass is 9.89. The lowest BCUT2D eigenvalue weighted by Gasteiger charge is -2.34. The fourth-order valence-electron chi connectivity index (χ4n) is 4.24. The highest BCUT2D eigenvalue weighted by Crippen LogP contribution is 2.30. The Labute approximate surface area is 175 Å². The molecule has 7 heteroatoms. The van der Waals surface area contributed by atoms with E-state index in [1.165, 1.54) is 42.2 Å². The molecule has 29 heavy (non-hydrogen) atoms. The van der Waals surface area contributed by atoms with E-state index in [2.05, 4.69) is 40.7 Å². The summed E-state index contributed by atoms with van der Waals surface area (Å²) in [5.41, 5.74) is 4.17. The van der Waals surface area contributed by atoms with Crippen molar-refractivity contribution in [3.63, 3.8) is 0 Å². The van der Waals surface area contributed by atoms with Gasteiger partial charge in [-0.1, -0.05) is 18.2 Å². The molecule has 1 atom stereocenters.